The third-order valence-electron chi connectivity index (χ3n) is 4.15. The first kappa shape index (κ1) is 16.9. The van der Waals surface area contributed by atoms with E-state index in [1.54, 1.807) is 20.8 Å². The van der Waals surface area contributed by atoms with Crippen molar-refractivity contribution in [2.24, 2.45) is 0 Å². The van der Waals surface area contributed by atoms with Crippen LogP contribution in [0.15, 0.2) is 4.52 Å². The molecule has 1 saturated heterocycles. The monoisotopic (exact) mass is 310 g/mol. The van der Waals surface area contributed by atoms with Crippen molar-refractivity contribution in [3.05, 3.63) is 11.7 Å². The molecule has 1 fully saturated rings. The molecule has 6 heteroatoms. The minimum Gasteiger partial charge on any atom is -0.465 e. The maximum Gasteiger partial charge on any atom is 0.321 e. The van der Waals surface area contributed by atoms with Gasteiger partial charge in [0.2, 0.25) is 5.89 Å². The van der Waals surface area contributed by atoms with Gasteiger partial charge in [0, 0.05) is 0 Å². The summed E-state index contributed by atoms with van der Waals surface area (Å²) in [6.07, 6.45) is 0.804. The normalized spacial score (nSPS) is 23.5. The number of ether oxygens (including phenoxy) is 2. The minimum atomic E-state index is -0.958. The third-order valence-corrected chi connectivity index (χ3v) is 4.15. The summed E-state index contributed by atoms with van der Waals surface area (Å²) in [6, 6.07) is 0. The maximum absolute atomic E-state index is 12.1. The van der Waals surface area contributed by atoms with Crippen LogP contribution in [0.5, 0.6) is 0 Å². The molecule has 2 heterocycles. The van der Waals surface area contributed by atoms with Gasteiger partial charge in [0.1, 0.15) is 5.41 Å². The number of hydrogen-bond acceptors (Lipinski definition) is 6. The van der Waals surface area contributed by atoms with Crippen molar-refractivity contribution in [3.63, 3.8) is 0 Å². The van der Waals surface area contributed by atoms with Crippen LogP contribution in [0.2, 0.25) is 0 Å². The van der Waals surface area contributed by atoms with E-state index in [1.165, 1.54) is 0 Å². The first-order valence-electron chi connectivity index (χ1n) is 7.71. The standard InChI is InChI=1S/C16H26N2O4/c1-8-20-13(19)15(4,5)12-17-11(18-21-12)10-9-14(2,3)22-16(10,6)7/h10H,8-9H2,1-7H3. The van der Waals surface area contributed by atoms with Crippen LogP contribution in [0.3, 0.4) is 0 Å². The van der Waals surface area contributed by atoms with Crippen molar-refractivity contribution >= 4 is 5.97 Å². The lowest BCUT2D eigenvalue weighted by Crippen LogP contribution is -2.32. The first-order chi connectivity index (χ1) is 9.99. The molecule has 0 radical (unpaired) electrons. The fourth-order valence-corrected chi connectivity index (χ4v) is 2.99. The van der Waals surface area contributed by atoms with Crippen LogP contribution in [0, 0.1) is 0 Å². The molecular weight excluding hydrogens is 284 g/mol. The second-order valence-corrected chi connectivity index (χ2v) is 7.53. The average molecular weight is 310 g/mol. The molecule has 0 spiro atoms. The van der Waals surface area contributed by atoms with Crippen molar-refractivity contribution in [1.82, 2.24) is 10.1 Å². The zero-order valence-electron chi connectivity index (χ0n) is 14.5. The molecule has 0 aromatic carbocycles. The van der Waals surface area contributed by atoms with Crippen LogP contribution in [0.4, 0.5) is 0 Å². The van der Waals surface area contributed by atoms with Crippen LogP contribution in [-0.2, 0) is 19.7 Å². The Morgan fingerprint density at radius 3 is 2.50 bits per heavy atom. The lowest BCUT2D eigenvalue weighted by Gasteiger charge is -2.25. The van der Waals surface area contributed by atoms with Gasteiger partial charge in [-0.25, -0.2) is 0 Å². The lowest BCUT2D eigenvalue weighted by atomic mass is 9.86. The largest absolute Gasteiger partial charge is 0.465 e. The molecule has 1 unspecified atom stereocenters. The molecule has 1 aliphatic rings. The fraction of sp³-hybridized carbons (Fsp3) is 0.812. The number of rotatable bonds is 4. The summed E-state index contributed by atoms with van der Waals surface area (Å²) in [5, 5.41) is 4.09. The van der Waals surface area contributed by atoms with E-state index in [2.05, 4.69) is 24.0 Å². The molecule has 22 heavy (non-hydrogen) atoms. The van der Waals surface area contributed by atoms with E-state index < -0.39 is 5.41 Å². The predicted octanol–water partition coefficient (Wildman–Crippen LogP) is 2.97. The molecule has 1 atom stereocenters. The molecular formula is C16H26N2O4. The van der Waals surface area contributed by atoms with Gasteiger partial charge in [0.15, 0.2) is 5.82 Å². The van der Waals surface area contributed by atoms with Gasteiger partial charge in [-0.1, -0.05) is 5.16 Å². The highest BCUT2D eigenvalue weighted by molar-refractivity contribution is 5.80. The highest BCUT2D eigenvalue weighted by atomic mass is 16.5. The fourth-order valence-electron chi connectivity index (χ4n) is 2.99. The summed E-state index contributed by atoms with van der Waals surface area (Å²) < 4.78 is 16.5. The molecule has 0 aliphatic carbocycles. The summed E-state index contributed by atoms with van der Waals surface area (Å²) in [5.74, 6) is 0.523. The molecule has 2 rings (SSSR count). The summed E-state index contributed by atoms with van der Waals surface area (Å²) in [7, 11) is 0. The third kappa shape index (κ3) is 3.02. The van der Waals surface area contributed by atoms with Gasteiger partial charge in [-0.2, -0.15) is 4.98 Å². The van der Waals surface area contributed by atoms with Crippen molar-refractivity contribution in [2.75, 3.05) is 6.61 Å². The Balaban J connectivity index is 2.27. The highest BCUT2D eigenvalue weighted by Crippen LogP contribution is 2.47. The number of esters is 1. The quantitative estimate of drug-likeness (QED) is 0.796. The smallest absolute Gasteiger partial charge is 0.321 e. The minimum absolute atomic E-state index is 0.0259. The van der Waals surface area contributed by atoms with E-state index in [0.717, 1.165) is 6.42 Å². The van der Waals surface area contributed by atoms with Crippen molar-refractivity contribution in [1.29, 1.82) is 0 Å². The van der Waals surface area contributed by atoms with Gasteiger partial charge in [0.25, 0.3) is 0 Å². The topological polar surface area (TPSA) is 74.5 Å². The summed E-state index contributed by atoms with van der Waals surface area (Å²) >= 11 is 0. The maximum atomic E-state index is 12.1. The van der Waals surface area contributed by atoms with Crippen LogP contribution in [0.25, 0.3) is 0 Å². The summed E-state index contributed by atoms with van der Waals surface area (Å²) in [6.45, 7) is 13.7. The molecule has 1 aromatic rings. The van der Waals surface area contributed by atoms with Gasteiger partial charge < -0.3 is 14.0 Å². The van der Waals surface area contributed by atoms with Gasteiger partial charge in [0.05, 0.1) is 23.7 Å². The lowest BCUT2D eigenvalue weighted by molar-refractivity contribution is -0.149. The van der Waals surface area contributed by atoms with Crippen molar-refractivity contribution < 1.29 is 18.8 Å². The van der Waals surface area contributed by atoms with E-state index >= 15 is 0 Å². The van der Waals surface area contributed by atoms with E-state index in [1.807, 2.05) is 13.8 Å². The van der Waals surface area contributed by atoms with Crippen LogP contribution < -0.4 is 0 Å². The van der Waals surface area contributed by atoms with Gasteiger partial charge >= 0.3 is 5.97 Å². The molecule has 0 saturated carbocycles. The Morgan fingerprint density at radius 2 is 2.00 bits per heavy atom. The van der Waals surface area contributed by atoms with E-state index in [9.17, 15) is 4.79 Å². The molecule has 6 nitrogen and oxygen atoms in total. The number of hydrogen-bond donors (Lipinski definition) is 0. The van der Waals surface area contributed by atoms with Crippen LogP contribution >= 0.6 is 0 Å². The Morgan fingerprint density at radius 1 is 1.36 bits per heavy atom. The van der Waals surface area contributed by atoms with E-state index in [4.69, 9.17) is 14.0 Å². The van der Waals surface area contributed by atoms with Crippen molar-refractivity contribution in [2.45, 2.75) is 77.4 Å². The Hall–Kier alpha value is -1.43. The number of carbonyl (C=O) groups is 1. The van der Waals surface area contributed by atoms with Gasteiger partial charge in [-0.15, -0.1) is 0 Å². The number of nitrogens with zero attached hydrogens (tertiary/aromatic N) is 2. The summed E-state index contributed by atoms with van der Waals surface area (Å²) in [4.78, 5) is 16.5. The average Bonchev–Trinajstić information content (AvgIpc) is 2.91. The molecule has 0 bridgehead atoms. The van der Waals surface area contributed by atoms with E-state index in [0.29, 0.717) is 12.4 Å². The molecule has 0 N–H and O–H groups in total. The Kier molecular flexibility index (Phi) is 4.11. The van der Waals surface area contributed by atoms with E-state index in [-0.39, 0.29) is 29.0 Å². The van der Waals surface area contributed by atoms with Crippen LogP contribution in [0.1, 0.15) is 72.5 Å². The SMILES string of the molecule is CCOC(=O)C(C)(C)c1nc(C2CC(C)(C)OC2(C)C)no1. The first-order valence-corrected chi connectivity index (χ1v) is 7.71. The summed E-state index contributed by atoms with van der Waals surface area (Å²) in [5.41, 5.74) is -1.56. The molecule has 1 aromatic heterocycles. The number of aromatic nitrogens is 2. The van der Waals surface area contributed by atoms with Gasteiger partial charge in [-0.3, -0.25) is 4.79 Å². The zero-order valence-corrected chi connectivity index (χ0v) is 14.5. The zero-order chi connectivity index (χ0) is 16.8. The number of carbonyl (C=O) groups excluding carboxylic acids is 1. The Labute approximate surface area is 131 Å². The highest BCUT2D eigenvalue weighted by Gasteiger charge is 2.49. The second-order valence-electron chi connectivity index (χ2n) is 7.53. The van der Waals surface area contributed by atoms with Crippen LogP contribution in [-0.4, -0.2) is 33.9 Å². The molecule has 0 amide bonds. The van der Waals surface area contributed by atoms with Gasteiger partial charge in [-0.05, 0) is 54.9 Å². The Bertz CT molecular complexity index is 560. The second kappa shape index (κ2) is 5.33. The van der Waals surface area contributed by atoms with Crippen molar-refractivity contribution in [3.8, 4) is 0 Å². The predicted molar refractivity (Wildman–Crippen MR) is 80.6 cm³/mol. The molecule has 1 aliphatic heterocycles. The molecule has 124 valence electrons.